The first-order valence-electron chi connectivity index (χ1n) is 4.32. The van der Waals surface area contributed by atoms with Crippen LogP contribution in [0.5, 0.6) is 0 Å². The van der Waals surface area contributed by atoms with E-state index in [2.05, 4.69) is 16.5 Å². The second-order valence-electron chi connectivity index (χ2n) is 2.91. The fourth-order valence-electron chi connectivity index (χ4n) is 1.08. The van der Waals surface area contributed by atoms with E-state index >= 15 is 0 Å². The molecule has 0 amide bonds. The van der Waals surface area contributed by atoms with E-state index < -0.39 is 6.10 Å². The zero-order chi connectivity index (χ0) is 9.68. The Morgan fingerprint density at radius 2 is 2.46 bits per heavy atom. The van der Waals surface area contributed by atoms with Crippen LogP contribution in [0.1, 0.15) is 30.5 Å². The number of allylic oxidation sites excluding steroid dienone is 1. The van der Waals surface area contributed by atoms with Gasteiger partial charge in [-0.2, -0.15) is 0 Å². The maximum atomic E-state index is 9.64. The summed E-state index contributed by atoms with van der Waals surface area (Å²) in [7, 11) is 0. The van der Waals surface area contributed by atoms with Gasteiger partial charge in [0.15, 0.2) is 0 Å². The number of hydrogen-bond donors (Lipinski definition) is 1. The second kappa shape index (κ2) is 4.72. The molecule has 0 radical (unpaired) electrons. The smallest absolute Gasteiger partial charge is 0.125 e. The average molecular weight is 178 g/mol. The zero-order valence-electron chi connectivity index (χ0n) is 7.77. The van der Waals surface area contributed by atoms with Crippen molar-refractivity contribution in [3.8, 4) is 0 Å². The molecule has 3 nitrogen and oxygen atoms in total. The molecule has 1 unspecified atom stereocenters. The number of rotatable bonds is 4. The highest BCUT2D eigenvalue weighted by atomic mass is 16.3. The Hall–Kier alpha value is -1.22. The minimum Gasteiger partial charge on any atom is -0.387 e. The van der Waals surface area contributed by atoms with E-state index in [9.17, 15) is 5.11 Å². The molecular weight excluding hydrogens is 164 g/mol. The van der Waals surface area contributed by atoms with E-state index in [1.54, 1.807) is 18.3 Å². The van der Waals surface area contributed by atoms with Gasteiger partial charge >= 0.3 is 0 Å². The summed E-state index contributed by atoms with van der Waals surface area (Å²) < 4.78 is 0. The van der Waals surface area contributed by atoms with E-state index in [4.69, 9.17) is 0 Å². The molecule has 0 aliphatic carbocycles. The van der Waals surface area contributed by atoms with Crippen LogP contribution in [0, 0.1) is 6.92 Å². The number of hydrogen-bond acceptors (Lipinski definition) is 3. The SMILES string of the molecule is C=CCCC(O)c1ccnc(C)n1. The summed E-state index contributed by atoms with van der Waals surface area (Å²) in [4.78, 5) is 8.09. The molecule has 0 aliphatic rings. The van der Waals surface area contributed by atoms with Gasteiger partial charge in [-0.15, -0.1) is 6.58 Å². The molecule has 1 N–H and O–H groups in total. The molecule has 0 fully saturated rings. The lowest BCUT2D eigenvalue weighted by Gasteiger charge is -2.08. The third-order valence-electron chi connectivity index (χ3n) is 1.78. The van der Waals surface area contributed by atoms with E-state index in [-0.39, 0.29) is 0 Å². The molecule has 0 saturated heterocycles. The van der Waals surface area contributed by atoms with Gasteiger partial charge in [0.1, 0.15) is 5.82 Å². The minimum absolute atomic E-state index is 0.500. The lowest BCUT2D eigenvalue weighted by molar-refractivity contribution is 0.163. The Morgan fingerprint density at radius 3 is 3.08 bits per heavy atom. The number of aromatic nitrogens is 2. The molecule has 0 aromatic carbocycles. The van der Waals surface area contributed by atoms with Crippen molar-refractivity contribution in [3.05, 3.63) is 36.4 Å². The van der Waals surface area contributed by atoms with Gasteiger partial charge in [-0.05, 0) is 25.8 Å². The second-order valence-corrected chi connectivity index (χ2v) is 2.91. The van der Waals surface area contributed by atoms with Gasteiger partial charge in [0.2, 0.25) is 0 Å². The molecule has 1 atom stereocenters. The predicted octanol–water partition coefficient (Wildman–Crippen LogP) is 1.78. The van der Waals surface area contributed by atoms with Gasteiger partial charge in [0.25, 0.3) is 0 Å². The van der Waals surface area contributed by atoms with Crippen molar-refractivity contribution >= 4 is 0 Å². The fourth-order valence-corrected chi connectivity index (χ4v) is 1.08. The molecule has 1 rings (SSSR count). The van der Waals surface area contributed by atoms with Crippen molar-refractivity contribution in [3.63, 3.8) is 0 Å². The molecule has 0 saturated carbocycles. The van der Waals surface area contributed by atoms with Crippen molar-refractivity contribution in [1.29, 1.82) is 0 Å². The van der Waals surface area contributed by atoms with Gasteiger partial charge in [-0.3, -0.25) is 0 Å². The number of aliphatic hydroxyl groups is 1. The van der Waals surface area contributed by atoms with Crippen molar-refractivity contribution in [1.82, 2.24) is 9.97 Å². The zero-order valence-corrected chi connectivity index (χ0v) is 7.77. The van der Waals surface area contributed by atoms with Crippen LogP contribution >= 0.6 is 0 Å². The third-order valence-corrected chi connectivity index (χ3v) is 1.78. The van der Waals surface area contributed by atoms with Crippen LogP contribution in [0.25, 0.3) is 0 Å². The van der Waals surface area contributed by atoms with Gasteiger partial charge in [-0.1, -0.05) is 6.08 Å². The highest BCUT2D eigenvalue weighted by Crippen LogP contribution is 2.15. The Balaban J connectivity index is 2.65. The van der Waals surface area contributed by atoms with Crippen LogP contribution in [-0.4, -0.2) is 15.1 Å². The largest absolute Gasteiger partial charge is 0.387 e. The first-order chi connectivity index (χ1) is 6.24. The average Bonchev–Trinajstić information content (AvgIpc) is 2.14. The molecule has 1 aromatic heterocycles. The summed E-state index contributed by atoms with van der Waals surface area (Å²) in [6, 6.07) is 1.74. The lowest BCUT2D eigenvalue weighted by Crippen LogP contribution is -2.01. The summed E-state index contributed by atoms with van der Waals surface area (Å²) >= 11 is 0. The predicted molar refractivity (Wildman–Crippen MR) is 51.2 cm³/mol. The highest BCUT2D eigenvalue weighted by Gasteiger charge is 2.07. The van der Waals surface area contributed by atoms with E-state index in [0.717, 1.165) is 6.42 Å². The lowest BCUT2D eigenvalue weighted by atomic mass is 10.1. The minimum atomic E-state index is -0.500. The topological polar surface area (TPSA) is 46.0 Å². The molecule has 70 valence electrons. The quantitative estimate of drug-likeness (QED) is 0.715. The normalized spacial score (nSPS) is 12.5. The Morgan fingerprint density at radius 1 is 1.69 bits per heavy atom. The molecule has 3 heteroatoms. The van der Waals surface area contributed by atoms with Crippen LogP contribution < -0.4 is 0 Å². The Labute approximate surface area is 78.2 Å². The van der Waals surface area contributed by atoms with Crippen molar-refractivity contribution < 1.29 is 5.11 Å². The number of aliphatic hydroxyl groups excluding tert-OH is 1. The van der Waals surface area contributed by atoms with E-state index in [1.165, 1.54) is 0 Å². The van der Waals surface area contributed by atoms with Crippen LogP contribution in [0.2, 0.25) is 0 Å². The number of nitrogens with zero attached hydrogens (tertiary/aromatic N) is 2. The van der Waals surface area contributed by atoms with Crippen LogP contribution in [0.3, 0.4) is 0 Å². The van der Waals surface area contributed by atoms with E-state index in [0.29, 0.717) is 17.9 Å². The maximum Gasteiger partial charge on any atom is 0.125 e. The highest BCUT2D eigenvalue weighted by molar-refractivity contribution is 5.05. The molecule has 0 bridgehead atoms. The monoisotopic (exact) mass is 178 g/mol. The van der Waals surface area contributed by atoms with Crippen LogP contribution in [-0.2, 0) is 0 Å². The van der Waals surface area contributed by atoms with Crippen LogP contribution in [0.15, 0.2) is 24.9 Å². The summed E-state index contributed by atoms with van der Waals surface area (Å²) in [5.41, 5.74) is 0.689. The standard InChI is InChI=1S/C10H14N2O/c1-3-4-5-10(13)9-6-7-11-8(2)12-9/h3,6-7,10,13H,1,4-5H2,2H3. The summed E-state index contributed by atoms with van der Waals surface area (Å²) in [5.74, 6) is 0.690. The molecule has 1 aromatic rings. The maximum absolute atomic E-state index is 9.64. The molecule has 1 heterocycles. The first-order valence-corrected chi connectivity index (χ1v) is 4.32. The van der Waals surface area contributed by atoms with Crippen LogP contribution in [0.4, 0.5) is 0 Å². The van der Waals surface area contributed by atoms with Crippen molar-refractivity contribution in [2.45, 2.75) is 25.9 Å². The Bertz CT molecular complexity index is 286. The molecular formula is C10H14N2O. The van der Waals surface area contributed by atoms with Gasteiger partial charge in [0, 0.05) is 6.20 Å². The van der Waals surface area contributed by atoms with Crippen molar-refractivity contribution in [2.75, 3.05) is 0 Å². The fraction of sp³-hybridized carbons (Fsp3) is 0.400. The summed E-state index contributed by atoms with van der Waals surface area (Å²) in [6.07, 6.45) is 4.41. The molecule has 0 spiro atoms. The first kappa shape index (κ1) is 9.86. The summed E-state index contributed by atoms with van der Waals surface area (Å²) in [6.45, 7) is 5.41. The van der Waals surface area contributed by atoms with E-state index in [1.807, 2.05) is 6.92 Å². The number of aryl methyl sites for hydroxylation is 1. The third kappa shape index (κ3) is 2.95. The van der Waals surface area contributed by atoms with Gasteiger partial charge < -0.3 is 5.11 Å². The van der Waals surface area contributed by atoms with Crippen molar-refractivity contribution in [2.24, 2.45) is 0 Å². The van der Waals surface area contributed by atoms with Gasteiger partial charge in [-0.25, -0.2) is 9.97 Å². The molecule has 13 heavy (non-hydrogen) atoms. The Kier molecular flexibility index (Phi) is 3.58. The summed E-state index contributed by atoms with van der Waals surface area (Å²) in [5, 5.41) is 9.64. The van der Waals surface area contributed by atoms with Gasteiger partial charge in [0.05, 0.1) is 11.8 Å². The molecule has 0 aliphatic heterocycles.